The second-order valence-corrected chi connectivity index (χ2v) is 12.5. The van der Waals surface area contributed by atoms with Crippen LogP contribution in [0.5, 0.6) is 11.5 Å². The Morgan fingerprint density at radius 1 is 0.561 bits per heavy atom. The summed E-state index contributed by atoms with van der Waals surface area (Å²) in [7, 11) is 0. The summed E-state index contributed by atoms with van der Waals surface area (Å²) in [4.78, 5) is 49.6. The van der Waals surface area contributed by atoms with Crippen LogP contribution < -0.4 is 25.8 Å². The maximum Gasteiger partial charge on any atom is 0.251 e. The lowest BCUT2D eigenvalue weighted by Gasteiger charge is -2.18. The van der Waals surface area contributed by atoms with E-state index in [2.05, 4.69) is 10.6 Å². The Bertz CT molecular complexity index is 1720. The van der Waals surface area contributed by atoms with Crippen molar-refractivity contribution in [2.45, 2.75) is 71.4 Å². The Morgan fingerprint density at radius 2 is 0.912 bits per heavy atom. The number of para-hydroxylation sites is 2. The molecule has 0 radical (unpaired) electrons. The molecule has 0 saturated heterocycles. The number of Topliss-reactive ketones (excluding diaryl/α,β-unsaturated/α-hetero) is 2. The van der Waals surface area contributed by atoms with Gasteiger partial charge >= 0.3 is 0 Å². The second-order valence-electron chi connectivity index (χ2n) is 12.5. The minimum absolute atomic E-state index is 0. The molecule has 4 aromatic rings. The predicted molar refractivity (Wildman–Crippen MR) is 203 cm³/mol. The van der Waals surface area contributed by atoms with E-state index in [9.17, 15) is 45.5 Å². The second kappa shape index (κ2) is 24.7. The van der Waals surface area contributed by atoms with Gasteiger partial charge in [0.15, 0.2) is 46.3 Å². The molecule has 0 spiro atoms. The molecule has 0 unspecified atom stereocenters. The number of nitrogens with two attached hydrogens (primary N) is 1. The highest BCUT2D eigenvalue weighted by molar-refractivity contribution is 5.99. The lowest BCUT2D eigenvalue weighted by atomic mass is 10.0. The van der Waals surface area contributed by atoms with E-state index < -0.39 is 95.1 Å². The Balaban J connectivity index is 0.000000387. The molecule has 0 aliphatic heterocycles. The number of hydrogen-bond donors (Lipinski definition) is 3. The molecule has 4 rings (SSSR count). The molecule has 9 nitrogen and oxygen atoms in total. The topological polar surface area (TPSA) is 137 Å². The van der Waals surface area contributed by atoms with Crippen molar-refractivity contribution in [1.82, 2.24) is 10.6 Å². The maximum absolute atomic E-state index is 13.6. The lowest BCUT2D eigenvalue weighted by Crippen LogP contribution is -2.43. The summed E-state index contributed by atoms with van der Waals surface area (Å²) in [6.07, 6.45) is 4.31. The number of halogens is 6. The van der Waals surface area contributed by atoms with Gasteiger partial charge in [-0.25, -0.2) is 26.3 Å². The summed E-state index contributed by atoms with van der Waals surface area (Å²) >= 11 is 0. The van der Waals surface area contributed by atoms with E-state index >= 15 is 0 Å². The van der Waals surface area contributed by atoms with Gasteiger partial charge in [-0.05, 0) is 105 Å². The van der Waals surface area contributed by atoms with Crippen LogP contribution in [0.15, 0.2) is 84.9 Å². The van der Waals surface area contributed by atoms with E-state index in [0.29, 0.717) is 32.2 Å². The van der Waals surface area contributed by atoms with Crippen LogP contribution in [0.1, 0.15) is 80.0 Å². The Morgan fingerprint density at radius 3 is 1.25 bits per heavy atom. The molecular formula is C42H47F6N3O6. The van der Waals surface area contributed by atoms with Gasteiger partial charge in [-0.1, -0.05) is 45.7 Å². The first-order chi connectivity index (χ1) is 26.8. The number of carbonyl (C=O) groups excluding carboxylic acids is 4. The third-order valence-corrected chi connectivity index (χ3v) is 8.20. The third kappa shape index (κ3) is 15.8. The van der Waals surface area contributed by atoms with E-state index in [-0.39, 0.29) is 25.0 Å². The molecule has 0 fully saturated rings. The average Bonchev–Trinajstić information content (AvgIpc) is 3.17. The van der Waals surface area contributed by atoms with Crippen molar-refractivity contribution < 1.29 is 55.0 Å². The van der Waals surface area contributed by atoms with E-state index in [0.717, 1.165) is 61.4 Å². The van der Waals surface area contributed by atoms with Gasteiger partial charge in [0.05, 0.1) is 12.1 Å². The minimum atomic E-state index is -0.932. The predicted octanol–water partition coefficient (Wildman–Crippen LogP) is 8.05. The number of nitrogens with one attached hydrogen (secondary N) is 2. The van der Waals surface area contributed by atoms with Crippen LogP contribution in [-0.2, 0) is 9.59 Å². The van der Waals surface area contributed by atoms with Gasteiger partial charge in [0.1, 0.15) is 24.8 Å². The molecule has 0 aromatic heterocycles. The molecular weight excluding hydrogens is 756 g/mol. The number of unbranched alkanes of at least 4 members (excludes halogenated alkanes) is 3. The molecule has 2 atom stereocenters. The minimum Gasteiger partial charge on any atom is -0.480 e. The zero-order valence-electron chi connectivity index (χ0n) is 30.6. The zero-order chi connectivity index (χ0) is 41.0. The van der Waals surface area contributed by atoms with Gasteiger partial charge in [0.25, 0.3) is 11.8 Å². The monoisotopic (exact) mass is 803 g/mol. The van der Waals surface area contributed by atoms with Crippen molar-refractivity contribution in [3.63, 3.8) is 0 Å². The zero-order valence-corrected chi connectivity index (χ0v) is 30.6. The van der Waals surface area contributed by atoms with Crippen molar-refractivity contribution in [3.8, 4) is 11.5 Å². The first kappa shape index (κ1) is 47.5. The fourth-order valence-electron chi connectivity index (χ4n) is 5.13. The fourth-order valence-corrected chi connectivity index (χ4v) is 5.13. The van der Waals surface area contributed by atoms with Crippen LogP contribution in [0.4, 0.5) is 26.3 Å². The molecule has 4 N–H and O–H groups in total. The molecule has 0 aliphatic carbocycles. The molecule has 57 heavy (non-hydrogen) atoms. The van der Waals surface area contributed by atoms with E-state index in [1.54, 1.807) is 0 Å². The molecule has 0 saturated carbocycles. The number of hydrogen-bond acceptors (Lipinski definition) is 7. The van der Waals surface area contributed by atoms with Crippen LogP contribution in [0.25, 0.3) is 0 Å². The van der Waals surface area contributed by atoms with Crippen LogP contribution in [-0.4, -0.2) is 55.2 Å². The number of carbonyl (C=O) groups is 4. The molecule has 15 heteroatoms. The highest BCUT2D eigenvalue weighted by Crippen LogP contribution is 2.22. The van der Waals surface area contributed by atoms with Crippen LogP contribution in [0.3, 0.4) is 0 Å². The summed E-state index contributed by atoms with van der Waals surface area (Å²) in [5.74, 6) is -8.09. The summed E-state index contributed by atoms with van der Waals surface area (Å²) in [5.41, 5.74) is 5.83. The van der Waals surface area contributed by atoms with Gasteiger partial charge in [-0.15, -0.1) is 0 Å². The SMILES string of the molecule is C.CCCCC[C@H](NC(=O)c1ccc(F)cc1)C(=O)COc1c(F)cccc1F.NCCCC[C@H](NC(=O)c1ccc(F)cc1)C(=O)COc1c(F)cccc1F. The molecule has 2 amide bonds. The number of amides is 2. The molecule has 0 heterocycles. The number of ether oxygens (including phenoxy) is 2. The normalized spacial score (nSPS) is 11.5. The van der Waals surface area contributed by atoms with Crippen molar-refractivity contribution in [1.29, 1.82) is 0 Å². The molecule has 308 valence electrons. The highest BCUT2D eigenvalue weighted by Gasteiger charge is 2.24. The molecule has 0 bridgehead atoms. The average molecular weight is 804 g/mol. The van der Waals surface area contributed by atoms with Gasteiger partial charge in [-0.3, -0.25) is 19.2 Å². The van der Waals surface area contributed by atoms with Crippen LogP contribution in [0.2, 0.25) is 0 Å². The van der Waals surface area contributed by atoms with E-state index in [1.165, 1.54) is 36.4 Å². The van der Waals surface area contributed by atoms with Crippen LogP contribution >= 0.6 is 0 Å². The van der Waals surface area contributed by atoms with Crippen molar-refractivity contribution >= 4 is 23.4 Å². The van der Waals surface area contributed by atoms with Crippen molar-refractivity contribution in [3.05, 3.63) is 131 Å². The summed E-state index contributed by atoms with van der Waals surface area (Å²) in [6.45, 7) is 1.22. The molecule has 4 aromatic carbocycles. The fraction of sp³-hybridized carbons (Fsp3) is 0.333. The summed E-state index contributed by atoms with van der Waals surface area (Å²) < 4.78 is 90.5. The smallest absolute Gasteiger partial charge is 0.251 e. The van der Waals surface area contributed by atoms with Gasteiger partial charge < -0.3 is 25.8 Å². The summed E-state index contributed by atoms with van der Waals surface area (Å²) in [6, 6.07) is 14.4. The number of ketones is 2. The highest BCUT2D eigenvalue weighted by atomic mass is 19.2. The lowest BCUT2D eigenvalue weighted by molar-refractivity contribution is -0.123. The third-order valence-electron chi connectivity index (χ3n) is 8.20. The molecule has 0 aliphatic rings. The van der Waals surface area contributed by atoms with E-state index in [4.69, 9.17) is 15.2 Å². The maximum atomic E-state index is 13.6. The van der Waals surface area contributed by atoms with Crippen molar-refractivity contribution in [2.24, 2.45) is 5.73 Å². The quantitative estimate of drug-likeness (QED) is 0.0608. The van der Waals surface area contributed by atoms with Gasteiger partial charge in [0, 0.05) is 11.1 Å². The standard InChI is InChI=1S/C21H22F3NO3.C20H21F3N2O3.CH4/c1-2-3-4-8-18(25-21(27)14-9-11-15(22)12-10-14)19(26)13-28-20-16(23)6-5-7-17(20)24;21-14-9-7-13(8-10-14)20(27)25-17(6-1-2-11-24)18(26)12-28-19-15(22)4-3-5-16(19)23;/h5-7,9-12,18H,2-4,8,13H2,1H3,(H,25,27);3-5,7-10,17H,1-2,6,11-12,24H2,(H,25,27);1H4/t18-;17-;/m00./s1. The number of benzene rings is 4. The number of rotatable bonds is 20. The first-order valence-corrected chi connectivity index (χ1v) is 17.9. The van der Waals surface area contributed by atoms with Gasteiger partial charge in [0.2, 0.25) is 0 Å². The van der Waals surface area contributed by atoms with E-state index in [1.807, 2.05) is 6.92 Å². The van der Waals surface area contributed by atoms with Crippen LogP contribution in [0, 0.1) is 34.9 Å². The largest absolute Gasteiger partial charge is 0.480 e. The Kier molecular flexibility index (Phi) is 20.6. The Hall–Kier alpha value is -5.70. The summed E-state index contributed by atoms with van der Waals surface area (Å²) in [5, 5.41) is 5.16. The first-order valence-electron chi connectivity index (χ1n) is 17.9. The van der Waals surface area contributed by atoms with Crippen molar-refractivity contribution in [2.75, 3.05) is 19.8 Å². The Labute approximate surface area is 327 Å². The van der Waals surface area contributed by atoms with Gasteiger partial charge in [-0.2, -0.15) is 0 Å².